The van der Waals surface area contributed by atoms with Crippen LogP contribution in [-0.2, 0) is 33.9 Å². The van der Waals surface area contributed by atoms with Crippen LogP contribution in [0.3, 0.4) is 0 Å². The number of benzene rings is 2. The summed E-state index contributed by atoms with van der Waals surface area (Å²) in [4.78, 5) is 24.1. The quantitative estimate of drug-likeness (QED) is 0.113. The minimum Gasteiger partial charge on any atom is -0.747 e. The molecule has 0 spiro atoms. The summed E-state index contributed by atoms with van der Waals surface area (Å²) in [5.41, 5.74) is 2.55. The van der Waals surface area contributed by atoms with E-state index in [0.29, 0.717) is 0 Å². The summed E-state index contributed by atoms with van der Waals surface area (Å²) in [6.45, 7) is 13.9. The van der Waals surface area contributed by atoms with Gasteiger partial charge in [-0.15, -0.1) is 0 Å². The normalized spacial score (nSPS) is 12.5. The van der Waals surface area contributed by atoms with E-state index >= 15 is 0 Å². The van der Waals surface area contributed by atoms with Crippen molar-refractivity contribution in [3.8, 4) is 11.1 Å². The van der Waals surface area contributed by atoms with Crippen molar-refractivity contribution in [3.05, 3.63) is 60.7 Å². The van der Waals surface area contributed by atoms with Gasteiger partial charge >= 0.3 is 41.5 Å². The van der Waals surface area contributed by atoms with Crippen molar-refractivity contribution in [2.24, 2.45) is 11.8 Å². The Morgan fingerprint density at radius 3 is 1.43 bits per heavy atom. The van der Waals surface area contributed by atoms with Crippen molar-refractivity contribution >= 4 is 22.1 Å². The van der Waals surface area contributed by atoms with E-state index in [4.69, 9.17) is 14.2 Å². The van der Waals surface area contributed by atoms with E-state index in [1.54, 1.807) is 0 Å². The number of carbonyl (C=O) groups excluding carboxylic acids is 2. The molecule has 2 aromatic rings. The van der Waals surface area contributed by atoms with Gasteiger partial charge in [0.1, 0.15) is 10.1 Å². The molecule has 10 heteroatoms. The summed E-state index contributed by atoms with van der Waals surface area (Å²) in [5, 5.41) is -2.06. The van der Waals surface area contributed by atoms with Crippen LogP contribution in [-0.4, -0.2) is 56.6 Å². The molecule has 46 heavy (non-hydrogen) atoms. The molecule has 8 nitrogen and oxygen atoms in total. The Kier molecular flexibility index (Phi) is 29.6. The van der Waals surface area contributed by atoms with Crippen LogP contribution in [0.25, 0.3) is 11.1 Å². The molecule has 2 aromatic carbocycles. The Morgan fingerprint density at radius 2 is 1.11 bits per heavy atom. The second-order valence-corrected chi connectivity index (χ2v) is 12.4. The van der Waals surface area contributed by atoms with Crippen molar-refractivity contribution in [3.63, 3.8) is 0 Å². The first-order valence-corrected chi connectivity index (χ1v) is 18.0. The monoisotopic (exact) mass is 672 g/mol. The summed E-state index contributed by atoms with van der Waals surface area (Å²) in [7, 11) is -5.01. The third-order valence-corrected chi connectivity index (χ3v) is 8.34. The molecule has 256 valence electrons. The van der Waals surface area contributed by atoms with E-state index in [-0.39, 0.29) is 54.6 Å². The second-order valence-electron chi connectivity index (χ2n) is 10.8. The van der Waals surface area contributed by atoms with Crippen LogP contribution in [0.5, 0.6) is 0 Å². The van der Waals surface area contributed by atoms with Crippen LogP contribution in [0.2, 0.25) is 0 Å². The van der Waals surface area contributed by atoms with Crippen molar-refractivity contribution in [2.75, 3.05) is 26.4 Å². The molecule has 0 amide bonds. The molecule has 0 saturated carbocycles. The predicted octanol–water partition coefficient (Wildman–Crippen LogP) is 5.21. The molecular formula is C36H57NaO8S. The van der Waals surface area contributed by atoms with Gasteiger partial charge < -0.3 is 18.8 Å². The number of unbranched alkanes of at least 4 members (excludes halogenated alkanes) is 2. The maximum atomic E-state index is 12.1. The molecule has 0 aliphatic rings. The van der Waals surface area contributed by atoms with E-state index < -0.39 is 33.7 Å². The van der Waals surface area contributed by atoms with Crippen molar-refractivity contribution in [2.45, 2.75) is 105 Å². The molecule has 0 radical (unpaired) electrons. The van der Waals surface area contributed by atoms with Gasteiger partial charge in [-0.2, -0.15) is 0 Å². The van der Waals surface area contributed by atoms with Gasteiger partial charge in [-0.1, -0.05) is 127 Å². The zero-order chi connectivity index (χ0) is 33.9. The van der Waals surface area contributed by atoms with E-state index in [1.165, 1.54) is 11.1 Å². The maximum Gasteiger partial charge on any atom is 1.00 e. The first-order chi connectivity index (χ1) is 21.6. The van der Waals surface area contributed by atoms with Gasteiger partial charge in [0.05, 0.1) is 19.6 Å². The van der Waals surface area contributed by atoms with Gasteiger partial charge in [0.15, 0.2) is 5.25 Å². The summed E-state index contributed by atoms with van der Waals surface area (Å²) < 4.78 is 49.4. The molecule has 0 bridgehead atoms. The average Bonchev–Trinajstić information content (AvgIpc) is 3.05. The summed E-state index contributed by atoms with van der Waals surface area (Å²) >= 11 is 0. The molecule has 0 N–H and O–H groups in total. The van der Waals surface area contributed by atoms with Gasteiger partial charge in [0, 0.05) is 13.2 Å². The van der Waals surface area contributed by atoms with Crippen LogP contribution in [0.15, 0.2) is 60.7 Å². The van der Waals surface area contributed by atoms with Crippen LogP contribution >= 0.6 is 0 Å². The number of ether oxygens (including phenoxy) is 3. The Hall–Kier alpha value is -1.75. The van der Waals surface area contributed by atoms with Crippen LogP contribution in [0.4, 0.5) is 0 Å². The number of carbonyl (C=O) groups is 2. The van der Waals surface area contributed by atoms with Crippen LogP contribution in [0, 0.1) is 11.8 Å². The number of hydrogen-bond donors (Lipinski definition) is 0. The van der Waals surface area contributed by atoms with Gasteiger partial charge in [-0.3, -0.25) is 9.59 Å². The molecule has 0 heterocycles. The number of rotatable bonds is 19. The van der Waals surface area contributed by atoms with Crippen LogP contribution in [0.1, 0.15) is 99.3 Å². The Balaban J connectivity index is 0. The third kappa shape index (κ3) is 22.7. The van der Waals surface area contributed by atoms with Crippen molar-refractivity contribution in [1.82, 2.24) is 0 Å². The number of esters is 2. The minimum atomic E-state index is -5.01. The molecule has 3 atom stereocenters. The zero-order valence-corrected chi connectivity index (χ0v) is 32.2. The SMILES string of the molecule is CCCCC(CC)COC(=O)CC(C(=O)OCC(CC)CCCC)S(=O)(=O)[O-].CCOCC.[Na+].c1ccc(-c2ccccc2)cc1. The summed E-state index contributed by atoms with van der Waals surface area (Å²) in [6.07, 6.45) is 6.58. The molecular weight excluding hydrogens is 615 g/mol. The van der Waals surface area contributed by atoms with Crippen molar-refractivity contribution < 1.29 is 66.3 Å². The van der Waals surface area contributed by atoms with Crippen LogP contribution < -0.4 is 29.6 Å². The summed E-state index contributed by atoms with van der Waals surface area (Å²) in [5.74, 6) is -1.74. The standard InChI is InChI=1S/C20H38O7S.C12H10.C4H10O.Na/c1-5-9-11-16(7-3)14-26-19(21)13-18(28(23,24)25)20(22)27-15-17(8-4)12-10-6-2;1-3-7-11(8-4-1)12-9-5-2-6-10-12;1-3-5-4-2;/h16-18H,5-15H2,1-4H3,(H,23,24,25);1-10H;3-4H2,1-2H3;/q;;;+1/p-1. The van der Waals surface area contributed by atoms with Crippen molar-refractivity contribution in [1.29, 1.82) is 0 Å². The van der Waals surface area contributed by atoms with E-state index in [2.05, 4.69) is 62.4 Å². The third-order valence-electron chi connectivity index (χ3n) is 7.28. The Bertz CT molecular complexity index is 1070. The van der Waals surface area contributed by atoms with E-state index in [1.807, 2.05) is 39.8 Å². The van der Waals surface area contributed by atoms with E-state index in [9.17, 15) is 22.6 Å². The molecule has 0 fully saturated rings. The fourth-order valence-electron chi connectivity index (χ4n) is 4.28. The first kappa shape index (κ1) is 46.4. The predicted molar refractivity (Wildman–Crippen MR) is 181 cm³/mol. The number of hydrogen-bond acceptors (Lipinski definition) is 8. The molecule has 0 aliphatic carbocycles. The zero-order valence-electron chi connectivity index (χ0n) is 29.4. The average molecular weight is 673 g/mol. The second kappa shape index (κ2) is 29.4. The molecule has 0 aromatic heterocycles. The van der Waals surface area contributed by atoms with Gasteiger partial charge in [-0.05, 0) is 49.7 Å². The van der Waals surface area contributed by atoms with E-state index in [0.717, 1.165) is 64.6 Å². The molecule has 0 saturated heterocycles. The molecule has 3 unspecified atom stereocenters. The largest absolute Gasteiger partial charge is 1.00 e. The minimum absolute atomic E-state index is 0. The van der Waals surface area contributed by atoms with Gasteiger partial charge in [-0.25, -0.2) is 8.42 Å². The Labute approximate surface area is 301 Å². The fraction of sp³-hybridized carbons (Fsp3) is 0.611. The van der Waals surface area contributed by atoms with Gasteiger partial charge in [0.25, 0.3) is 0 Å². The Morgan fingerprint density at radius 1 is 0.696 bits per heavy atom. The smallest absolute Gasteiger partial charge is 0.747 e. The topological polar surface area (TPSA) is 119 Å². The molecule has 0 aliphatic heterocycles. The fourth-order valence-corrected chi connectivity index (χ4v) is 4.92. The maximum absolute atomic E-state index is 12.1. The van der Waals surface area contributed by atoms with Gasteiger partial charge in [0.2, 0.25) is 0 Å². The summed E-state index contributed by atoms with van der Waals surface area (Å²) in [6, 6.07) is 20.8. The molecule has 2 rings (SSSR count). The first-order valence-electron chi connectivity index (χ1n) is 16.5.